The van der Waals surface area contributed by atoms with Crippen LogP contribution in [0.4, 0.5) is 4.39 Å². The topological polar surface area (TPSA) is 107 Å². The van der Waals surface area contributed by atoms with Crippen molar-refractivity contribution in [1.29, 1.82) is 5.26 Å². The van der Waals surface area contributed by atoms with Crippen LogP contribution in [0.1, 0.15) is 52.4 Å². The van der Waals surface area contributed by atoms with E-state index in [-0.39, 0.29) is 24.1 Å². The maximum Gasteiger partial charge on any atom is 0.303 e. The van der Waals surface area contributed by atoms with E-state index in [0.29, 0.717) is 65.9 Å². The minimum atomic E-state index is -0.844. The predicted molar refractivity (Wildman–Crippen MR) is 140 cm³/mol. The molecule has 190 valence electrons. The van der Waals surface area contributed by atoms with Crippen LogP contribution in [0.2, 0.25) is 0 Å². The number of nitrogens with zero attached hydrogens (tertiary/aromatic N) is 4. The number of hydrogen-bond acceptors (Lipinski definition) is 5. The van der Waals surface area contributed by atoms with Crippen molar-refractivity contribution in [3.8, 4) is 17.3 Å². The summed E-state index contributed by atoms with van der Waals surface area (Å²) in [5, 5.41) is 17.9. The van der Waals surface area contributed by atoms with Crippen molar-refractivity contribution in [2.24, 2.45) is 0 Å². The van der Waals surface area contributed by atoms with Gasteiger partial charge in [0.15, 0.2) is 0 Å². The first-order chi connectivity index (χ1) is 18.4. The SMILES string of the molecule is N#Cc1ccc(C2CN(C(=O)c3ccc4nc(-c5ccc(F)cc5)c(CCCCC(=O)O)nc4c3)C2)cc1. The lowest BCUT2D eigenvalue weighted by Gasteiger charge is -2.39. The van der Waals surface area contributed by atoms with Gasteiger partial charge < -0.3 is 10.0 Å². The molecule has 0 unspecified atom stereocenters. The first-order valence-electron chi connectivity index (χ1n) is 12.5. The number of rotatable bonds is 8. The molecule has 1 amide bonds. The summed E-state index contributed by atoms with van der Waals surface area (Å²) in [4.78, 5) is 35.5. The average Bonchev–Trinajstić information content (AvgIpc) is 2.90. The van der Waals surface area contributed by atoms with Crippen LogP contribution in [0.25, 0.3) is 22.3 Å². The summed E-state index contributed by atoms with van der Waals surface area (Å²) in [6.45, 7) is 1.21. The summed E-state index contributed by atoms with van der Waals surface area (Å²) in [5.41, 5.74) is 5.48. The van der Waals surface area contributed by atoms with Crippen molar-refractivity contribution in [2.75, 3.05) is 13.1 Å². The van der Waals surface area contributed by atoms with Crippen LogP contribution in [0, 0.1) is 17.1 Å². The van der Waals surface area contributed by atoms with Gasteiger partial charge in [0.25, 0.3) is 5.91 Å². The highest BCUT2D eigenvalue weighted by Crippen LogP contribution is 2.30. The maximum absolute atomic E-state index is 13.5. The Balaban J connectivity index is 1.37. The van der Waals surface area contributed by atoms with Crippen LogP contribution in [-0.2, 0) is 11.2 Å². The quantitative estimate of drug-likeness (QED) is 0.322. The molecule has 2 heterocycles. The van der Waals surface area contributed by atoms with Crippen molar-refractivity contribution >= 4 is 22.9 Å². The molecular weight excluding hydrogens is 483 g/mol. The largest absolute Gasteiger partial charge is 0.481 e. The number of fused-ring (bicyclic) bond motifs is 1. The lowest BCUT2D eigenvalue weighted by molar-refractivity contribution is -0.137. The van der Waals surface area contributed by atoms with Gasteiger partial charge in [-0.1, -0.05) is 12.1 Å². The van der Waals surface area contributed by atoms with E-state index >= 15 is 0 Å². The third-order valence-corrected chi connectivity index (χ3v) is 6.84. The van der Waals surface area contributed by atoms with Crippen LogP contribution in [-0.4, -0.2) is 44.9 Å². The first kappa shape index (κ1) is 25.0. The van der Waals surface area contributed by atoms with Crippen LogP contribution >= 0.6 is 0 Å². The fraction of sp³-hybridized carbons (Fsp3) is 0.233. The third-order valence-electron chi connectivity index (χ3n) is 6.84. The number of aromatic nitrogens is 2. The average molecular weight is 509 g/mol. The number of benzene rings is 3. The van der Waals surface area contributed by atoms with Crippen LogP contribution in [0.3, 0.4) is 0 Å². The van der Waals surface area contributed by atoms with E-state index in [1.165, 1.54) is 12.1 Å². The second-order valence-electron chi connectivity index (χ2n) is 9.47. The molecule has 0 aliphatic carbocycles. The Labute approximate surface area is 219 Å². The van der Waals surface area contributed by atoms with E-state index in [0.717, 1.165) is 11.1 Å². The molecule has 1 N–H and O–H groups in total. The first-order valence-corrected chi connectivity index (χ1v) is 12.5. The van der Waals surface area contributed by atoms with Gasteiger partial charge in [0.05, 0.1) is 34.1 Å². The van der Waals surface area contributed by atoms with Gasteiger partial charge in [-0.15, -0.1) is 0 Å². The highest BCUT2D eigenvalue weighted by Gasteiger charge is 2.32. The highest BCUT2D eigenvalue weighted by molar-refractivity contribution is 5.98. The predicted octanol–water partition coefficient (Wildman–Crippen LogP) is 5.34. The minimum absolute atomic E-state index is 0.0742. The zero-order valence-electron chi connectivity index (χ0n) is 20.6. The van der Waals surface area contributed by atoms with Gasteiger partial charge in [-0.05, 0) is 79.4 Å². The summed E-state index contributed by atoms with van der Waals surface area (Å²) in [7, 11) is 0. The maximum atomic E-state index is 13.5. The molecule has 3 aromatic carbocycles. The molecule has 0 radical (unpaired) electrons. The smallest absolute Gasteiger partial charge is 0.303 e. The van der Waals surface area contributed by atoms with Crippen LogP contribution in [0.15, 0.2) is 66.7 Å². The minimum Gasteiger partial charge on any atom is -0.481 e. The Kier molecular flexibility index (Phi) is 7.09. The Morgan fingerprint density at radius 1 is 0.974 bits per heavy atom. The molecular formula is C30H25FN4O3. The zero-order valence-corrected chi connectivity index (χ0v) is 20.6. The Morgan fingerprint density at radius 2 is 1.71 bits per heavy atom. The van der Waals surface area contributed by atoms with Crippen molar-refractivity contribution in [2.45, 2.75) is 31.6 Å². The number of aryl methyl sites for hydroxylation is 1. The molecule has 5 rings (SSSR count). The van der Waals surface area contributed by atoms with Crippen molar-refractivity contribution < 1.29 is 19.1 Å². The normalized spacial score (nSPS) is 13.2. The van der Waals surface area contributed by atoms with Crippen molar-refractivity contribution in [1.82, 2.24) is 14.9 Å². The standard InChI is InChI=1S/C30H25FN4O3/c31-24-12-9-21(10-13-24)29-26(3-1-2-4-28(36)37)33-27-15-22(11-14-25(27)34-29)30(38)35-17-23(18-35)20-7-5-19(16-32)6-8-20/h5-15,23H,1-4,17-18H2,(H,36,37). The van der Waals surface area contributed by atoms with Gasteiger partial charge in [0, 0.05) is 36.6 Å². The number of aliphatic carboxylic acids is 1. The molecule has 1 saturated heterocycles. The number of carboxylic acids is 1. The monoisotopic (exact) mass is 508 g/mol. The summed E-state index contributed by atoms with van der Waals surface area (Å²) < 4.78 is 13.5. The number of halogens is 1. The van der Waals surface area contributed by atoms with Crippen molar-refractivity contribution in [3.63, 3.8) is 0 Å². The summed E-state index contributed by atoms with van der Waals surface area (Å²) in [6, 6.07) is 20.9. The lowest BCUT2D eigenvalue weighted by Crippen LogP contribution is -2.48. The Morgan fingerprint density at radius 3 is 2.39 bits per heavy atom. The molecule has 0 bridgehead atoms. The molecule has 1 aliphatic rings. The highest BCUT2D eigenvalue weighted by atomic mass is 19.1. The number of unbranched alkanes of at least 4 members (excludes halogenated alkanes) is 1. The molecule has 38 heavy (non-hydrogen) atoms. The lowest BCUT2D eigenvalue weighted by atomic mass is 9.90. The summed E-state index contributed by atoms with van der Waals surface area (Å²) >= 11 is 0. The fourth-order valence-corrected chi connectivity index (χ4v) is 4.67. The number of carbonyl (C=O) groups excluding carboxylic acids is 1. The number of amides is 1. The second kappa shape index (κ2) is 10.8. The van der Waals surface area contributed by atoms with Gasteiger partial charge in [-0.25, -0.2) is 14.4 Å². The summed E-state index contributed by atoms with van der Waals surface area (Å²) in [5.74, 6) is -1.03. The fourth-order valence-electron chi connectivity index (χ4n) is 4.67. The van der Waals surface area contributed by atoms with Gasteiger partial charge in [-0.2, -0.15) is 5.26 Å². The second-order valence-corrected chi connectivity index (χ2v) is 9.47. The molecule has 0 spiro atoms. The number of carboxylic acid groups (broad SMARTS) is 1. The molecule has 1 fully saturated rings. The van der Waals surface area contributed by atoms with Crippen LogP contribution in [0.5, 0.6) is 0 Å². The molecule has 0 atom stereocenters. The third kappa shape index (κ3) is 5.37. The number of likely N-dealkylation sites (tertiary alicyclic amines) is 1. The molecule has 7 nitrogen and oxygen atoms in total. The van der Waals surface area contributed by atoms with E-state index in [9.17, 15) is 14.0 Å². The van der Waals surface area contributed by atoms with Gasteiger partial charge in [0.2, 0.25) is 0 Å². The number of hydrogen-bond donors (Lipinski definition) is 1. The summed E-state index contributed by atoms with van der Waals surface area (Å²) in [6.07, 6.45) is 1.71. The van der Waals surface area contributed by atoms with Gasteiger partial charge >= 0.3 is 5.97 Å². The number of carbonyl (C=O) groups is 2. The van der Waals surface area contributed by atoms with E-state index in [4.69, 9.17) is 20.3 Å². The molecule has 1 aliphatic heterocycles. The van der Waals surface area contributed by atoms with E-state index in [1.807, 2.05) is 12.1 Å². The molecule has 8 heteroatoms. The number of nitriles is 1. The van der Waals surface area contributed by atoms with Crippen LogP contribution < -0.4 is 0 Å². The molecule has 0 saturated carbocycles. The van der Waals surface area contributed by atoms with E-state index < -0.39 is 5.97 Å². The van der Waals surface area contributed by atoms with E-state index in [2.05, 4.69) is 6.07 Å². The van der Waals surface area contributed by atoms with Gasteiger partial charge in [0.1, 0.15) is 5.82 Å². The Bertz CT molecular complexity index is 1540. The molecule has 4 aromatic rings. The Hall–Kier alpha value is -4.64. The van der Waals surface area contributed by atoms with Crippen molar-refractivity contribution in [3.05, 3.63) is 94.9 Å². The van der Waals surface area contributed by atoms with Gasteiger partial charge in [-0.3, -0.25) is 9.59 Å². The van der Waals surface area contributed by atoms with E-state index in [1.54, 1.807) is 47.4 Å². The molecule has 1 aromatic heterocycles. The zero-order chi connectivity index (χ0) is 26.6.